The van der Waals surface area contributed by atoms with Gasteiger partial charge in [0.15, 0.2) is 0 Å². The standard InChI is InChI=1S/C37H58N6O9S/c1-22(2)20-51-35(50)41-30(36(3,4)5)34(49)43-19-24(52-37(6,7)8)17-26(43)31(46)39-25(21-53-11)29(45)32(47)38-18-27(44)40-28(33(48)42(9)10)23-15-13-12-14-16-23/h12-16,22,24-26,28,30H,17-21H2,1-11H3,(H,38,47)(H,39,46)(H,40,44)(H,41,50)/t24-,25?,26+,28?,30-/m1/s1. The fraction of sp³-hybridized carbons (Fsp3) is 0.649. The van der Waals surface area contributed by atoms with E-state index in [1.165, 1.54) is 21.6 Å². The van der Waals surface area contributed by atoms with Gasteiger partial charge in [0.1, 0.15) is 24.2 Å². The minimum absolute atomic E-state index is 0.0219. The van der Waals surface area contributed by atoms with Crippen LogP contribution < -0.4 is 21.3 Å². The average Bonchev–Trinajstić information content (AvgIpc) is 3.48. The third-order valence-corrected chi connectivity index (χ3v) is 8.68. The van der Waals surface area contributed by atoms with Gasteiger partial charge in [-0.05, 0) is 43.9 Å². The predicted octanol–water partition coefficient (Wildman–Crippen LogP) is 2.05. The number of carbonyl (C=O) groups is 7. The molecule has 0 saturated carbocycles. The lowest BCUT2D eigenvalue weighted by molar-refractivity contribution is -0.144. The maximum atomic E-state index is 14.2. The van der Waals surface area contributed by atoms with Gasteiger partial charge in [-0.25, -0.2) is 4.79 Å². The molecule has 16 heteroatoms. The van der Waals surface area contributed by atoms with E-state index in [0.29, 0.717) is 5.56 Å². The van der Waals surface area contributed by atoms with Crippen LogP contribution in [0.15, 0.2) is 30.3 Å². The minimum atomic E-state index is -1.30. The molecule has 0 aliphatic carbocycles. The van der Waals surface area contributed by atoms with Gasteiger partial charge < -0.3 is 40.5 Å². The Hall–Kier alpha value is -4.18. The van der Waals surface area contributed by atoms with Crippen molar-refractivity contribution in [1.82, 2.24) is 31.1 Å². The van der Waals surface area contributed by atoms with Crippen LogP contribution in [0.2, 0.25) is 0 Å². The number of ketones is 1. The van der Waals surface area contributed by atoms with Gasteiger partial charge >= 0.3 is 6.09 Å². The van der Waals surface area contributed by atoms with E-state index in [0.717, 1.165) is 0 Å². The Labute approximate surface area is 317 Å². The highest BCUT2D eigenvalue weighted by atomic mass is 32.2. The first kappa shape index (κ1) is 45.0. The molecule has 296 valence electrons. The summed E-state index contributed by atoms with van der Waals surface area (Å²) < 4.78 is 11.4. The van der Waals surface area contributed by atoms with Crippen LogP contribution in [-0.2, 0) is 38.2 Å². The predicted molar refractivity (Wildman–Crippen MR) is 202 cm³/mol. The van der Waals surface area contributed by atoms with Crippen molar-refractivity contribution in [3.63, 3.8) is 0 Å². The quantitative estimate of drug-likeness (QED) is 0.181. The lowest BCUT2D eigenvalue weighted by Gasteiger charge is -2.35. The van der Waals surface area contributed by atoms with Gasteiger partial charge in [0.05, 0.1) is 24.9 Å². The number of benzene rings is 1. The number of carbonyl (C=O) groups excluding carboxylic acids is 7. The maximum Gasteiger partial charge on any atom is 0.407 e. The van der Waals surface area contributed by atoms with Crippen LogP contribution >= 0.6 is 11.8 Å². The van der Waals surface area contributed by atoms with Gasteiger partial charge in [0.2, 0.25) is 29.4 Å². The van der Waals surface area contributed by atoms with E-state index in [4.69, 9.17) is 9.47 Å². The molecule has 1 saturated heterocycles. The summed E-state index contributed by atoms with van der Waals surface area (Å²) in [5, 5.41) is 10.2. The van der Waals surface area contributed by atoms with Gasteiger partial charge in [-0.3, -0.25) is 28.8 Å². The first-order valence-corrected chi connectivity index (χ1v) is 19.0. The Morgan fingerprint density at radius 2 is 1.57 bits per heavy atom. The SMILES string of the molecule is CSCC(NC(=O)[C@@H]1C[C@@H](OC(C)(C)C)CN1C(=O)[C@@H](NC(=O)OCC(C)C)C(C)(C)C)C(=O)C(=O)NCC(=O)NC(C(=O)N(C)C)c1ccccc1. The molecule has 53 heavy (non-hydrogen) atoms. The number of ether oxygens (including phenoxy) is 2. The molecule has 1 aliphatic heterocycles. The van der Waals surface area contributed by atoms with Gasteiger partial charge in [-0.2, -0.15) is 11.8 Å². The van der Waals surface area contributed by atoms with E-state index in [1.54, 1.807) is 71.5 Å². The fourth-order valence-electron chi connectivity index (χ4n) is 5.52. The number of likely N-dealkylation sites (tertiary alicyclic amines) is 1. The van der Waals surface area contributed by atoms with Crippen molar-refractivity contribution in [3.05, 3.63) is 35.9 Å². The van der Waals surface area contributed by atoms with Crippen molar-refractivity contribution < 1.29 is 43.0 Å². The first-order valence-electron chi connectivity index (χ1n) is 17.6. The summed E-state index contributed by atoms with van der Waals surface area (Å²) in [4.78, 5) is 95.5. The Bertz CT molecular complexity index is 1460. The molecule has 1 aliphatic rings. The number of hydrogen-bond acceptors (Lipinski definition) is 10. The zero-order valence-corrected chi connectivity index (χ0v) is 33.7. The number of rotatable bonds is 16. The van der Waals surface area contributed by atoms with Crippen LogP contribution in [0.4, 0.5) is 4.79 Å². The molecule has 0 aromatic heterocycles. The van der Waals surface area contributed by atoms with Crippen molar-refractivity contribution in [1.29, 1.82) is 0 Å². The molecule has 0 radical (unpaired) electrons. The van der Waals surface area contributed by atoms with Crippen LogP contribution in [0.5, 0.6) is 0 Å². The highest BCUT2D eigenvalue weighted by Gasteiger charge is 2.47. The third-order valence-electron chi connectivity index (χ3n) is 8.02. The number of nitrogens with one attached hydrogen (secondary N) is 4. The summed E-state index contributed by atoms with van der Waals surface area (Å²) in [6.07, 6.45) is 0.489. The second-order valence-electron chi connectivity index (χ2n) is 15.7. The van der Waals surface area contributed by atoms with Crippen molar-refractivity contribution in [2.45, 2.75) is 97.7 Å². The zero-order valence-electron chi connectivity index (χ0n) is 32.9. The van der Waals surface area contributed by atoms with E-state index in [9.17, 15) is 33.6 Å². The number of amides is 6. The molecule has 0 spiro atoms. The highest BCUT2D eigenvalue weighted by molar-refractivity contribution is 7.98. The molecule has 1 aromatic carbocycles. The van der Waals surface area contributed by atoms with Crippen LogP contribution in [0.3, 0.4) is 0 Å². The van der Waals surface area contributed by atoms with E-state index >= 15 is 0 Å². The number of Topliss-reactive ketones (excluding diaryl/α,β-unsaturated/α-hetero) is 1. The van der Waals surface area contributed by atoms with Crippen molar-refractivity contribution >= 4 is 53.2 Å². The van der Waals surface area contributed by atoms with Crippen LogP contribution in [0, 0.1) is 11.3 Å². The monoisotopic (exact) mass is 762 g/mol. The molecular weight excluding hydrogens is 705 g/mol. The Kier molecular flexibility index (Phi) is 16.8. The maximum absolute atomic E-state index is 14.2. The first-order chi connectivity index (χ1) is 24.5. The number of alkyl carbamates (subject to hydrolysis) is 1. The van der Waals surface area contributed by atoms with Crippen LogP contribution in [0.1, 0.15) is 73.4 Å². The molecule has 6 amide bonds. The van der Waals surface area contributed by atoms with E-state index in [-0.39, 0.29) is 37.2 Å². The lowest BCUT2D eigenvalue weighted by Crippen LogP contribution is -2.59. The molecule has 1 heterocycles. The molecule has 15 nitrogen and oxygen atoms in total. The minimum Gasteiger partial charge on any atom is -0.449 e. The number of hydrogen-bond donors (Lipinski definition) is 4. The molecule has 5 atom stereocenters. The Morgan fingerprint density at radius 1 is 0.943 bits per heavy atom. The van der Waals surface area contributed by atoms with Crippen LogP contribution in [-0.4, -0.2) is 127 Å². The average molecular weight is 763 g/mol. The van der Waals surface area contributed by atoms with Crippen LogP contribution in [0.25, 0.3) is 0 Å². The van der Waals surface area contributed by atoms with Gasteiger partial charge in [-0.1, -0.05) is 65.0 Å². The fourth-order valence-corrected chi connectivity index (χ4v) is 6.09. The van der Waals surface area contributed by atoms with E-state index in [1.807, 2.05) is 34.6 Å². The number of thioether (sulfide) groups is 1. The molecule has 0 bridgehead atoms. The Morgan fingerprint density at radius 3 is 2.09 bits per heavy atom. The number of likely N-dealkylation sites (N-methyl/N-ethyl adjacent to an activating group) is 1. The highest BCUT2D eigenvalue weighted by Crippen LogP contribution is 2.29. The van der Waals surface area contributed by atoms with Crippen molar-refractivity contribution in [2.24, 2.45) is 11.3 Å². The van der Waals surface area contributed by atoms with Crippen molar-refractivity contribution in [3.8, 4) is 0 Å². The van der Waals surface area contributed by atoms with Gasteiger partial charge in [0.25, 0.3) is 5.91 Å². The van der Waals surface area contributed by atoms with Gasteiger partial charge in [0, 0.05) is 32.8 Å². The molecule has 1 aromatic rings. The molecule has 4 N–H and O–H groups in total. The van der Waals surface area contributed by atoms with Crippen molar-refractivity contribution in [2.75, 3.05) is 45.8 Å². The van der Waals surface area contributed by atoms with Gasteiger partial charge in [-0.15, -0.1) is 0 Å². The molecule has 2 rings (SSSR count). The topological polar surface area (TPSA) is 193 Å². The van der Waals surface area contributed by atoms with E-state index < -0.39 is 83.3 Å². The summed E-state index contributed by atoms with van der Waals surface area (Å²) in [7, 11) is 3.10. The summed E-state index contributed by atoms with van der Waals surface area (Å²) >= 11 is 1.21. The lowest BCUT2D eigenvalue weighted by atomic mass is 9.85. The smallest absolute Gasteiger partial charge is 0.407 e. The summed E-state index contributed by atoms with van der Waals surface area (Å²) in [6.45, 7) is 14.3. The molecule has 2 unspecified atom stereocenters. The normalized spacial score (nSPS) is 17.6. The largest absolute Gasteiger partial charge is 0.449 e. The second-order valence-corrected chi connectivity index (χ2v) is 16.6. The molecular formula is C37H58N6O9S. The third kappa shape index (κ3) is 14.3. The zero-order chi connectivity index (χ0) is 40.3. The number of nitrogens with zero attached hydrogens (tertiary/aromatic N) is 2. The summed E-state index contributed by atoms with van der Waals surface area (Å²) in [5.74, 6) is -4.32. The Balaban J connectivity index is 2.23. The summed E-state index contributed by atoms with van der Waals surface area (Å²) in [5.41, 5.74) is -0.842. The summed E-state index contributed by atoms with van der Waals surface area (Å²) in [6, 6.07) is 4.11. The van der Waals surface area contributed by atoms with E-state index in [2.05, 4.69) is 21.3 Å². The molecule has 1 fully saturated rings. The second kappa shape index (κ2) is 19.8.